The number of nitrogens with zero attached hydrogens (tertiary/aromatic N) is 2. The van der Waals surface area contributed by atoms with Crippen molar-refractivity contribution in [1.29, 1.82) is 0 Å². The molecule has 2 aromatic heterocycles. The lowest BCUT2D eigenvalue weighted by Crippen LogP contribution is -2.23. The Morgan fingerprint density at radius 2 is 2.00 bits per heavy atom. The molecule has 0 fully saturated rings. The fourth-order valence-corrected chi connectivity index (χ4v) is 2.35. The van der Waals surface area contributed by atoms with Crippen molar-refractivity contribution in [2.45, 2.75) is 12.7 Å². The van der Waals surface area contributed by atoms with E-state index in [9.17, 15) is 18.0 Å². The molecule has 0 aliphatic rings. The van der Waals surface area contributed by atoms with Gasteiger partial charge in [0.1, 0.15) is 17.3 Å². The van der Waals surface area contributed by atoms with Crippen molar-refractivity contribution in [1.82, 2.24) is 15.3 Å². The number of amides is 1. The predicted molar refractivity (Wildman–Crippen MR) is 91.6 cm³/mol. The van der Waals surface area contributed by atoms with E-state index in [1.807, 2.05) is 0 Å². The minimum absolute atomic E-state index is 0.0132. The van der Waals surface area contributed by atoms with Gasteiger partial charge in [0.25, 0.3) is 5.91 Å². The molecule has 0 unspecified atom stereocenters. The van der Waals surface area contributed by atoms with Crippen LogP contribution in [0.3, 0.4) is 0 Å². The number of carbonyl (C=O) groups excluding carboxylic acids is 1. The fourth-order valence-electron chi connectivity index (χ4n) is 2.18. The van der Waals surface area contributed by atoms with Crippen LogP contribution in [0.5, 0.6) is 0 Å². The maximum atomic E-state index is 13.1. The van der Waals surface area contributed by atoms with Crippen molar-refractivity contribution in [3.05, 3.63) is 71.0 Å². The summed E-state index contributed by atoms with van der Waals surface area (Å²) in [6.45, 7) is 0.174. The number of aromatic nitrogens is 2. The lowest BCUT2D eigenvalue weighted by molar-refractivity contribution is -0.136. The van der Waals surface area contributed by atoms with Crippen molar-refractivity contribution in [2.75, 3.05) is 5.32 Å². The molecule has 27 heavy (non-hydrogen) atoms. The number of nitrogens with one attached hydrogen (secondary N) is 2. The maximum Gasteiger partial charge on any atom is 0.418 e. The van der Waals surface area contributed by atoms with Gasteiger partial charge in [-0.3, -0.25) is 4.79 Å². The van der Waals surface area contributed by atoms with Crippen LogP contribution in [-0.2, 0) is 12.7 Å². The number of benzene rings is 1. The number of rotatable bonds is 5. The first-order valence-electron chi connectivity index (χ1n) is 7.59. The smallest absolute Gasteiger partial charge is 0.418 e. The summed E-state index contributed by atoms with van der Waals surface area (Å²) < 4.78 is 44.4. The average molecular weight is 397 g/mol. The van der Waals surface area contributed by atoms with E-state index >= 15 is 0 Å². The molecule has 2 heterocycles. The van der Waals surface area contributed by atoms with E-state index < -0.39 is 17.6 Å². The zero-order chi connectivity index (χ0) is 19.4. The Morgan fingerprint density at radius 1 is 1.19 bits per heavy atom. The van der Waals surface area contributed by atoms with E-state index in [-0.39, 0.29) is 28.8 Å². The zero-order valence-electron chi connectivity index (χ0n) is 13.5. The Morgan fingerprint density at radius 3 is 2.63 bits per heavy atom. The summed E-state index contributed by atoms with van der Waals surface area (Å²) in [4.78, 5) is 19.8. The van der Waals surface area contributed by atoms with Gasteiger partial charge in [0.05, 0.1) is 36.5 Å². The van der Waals surface area contributed by atoms with E-state index in [1.165, 1.54) is 18.4 Å². The summed E-state index contributed by atoms with van der Waals surface area (Å²) in [5.74, 6) is 0.121. The molecule has 1 amide bonds. The van der Waals surface area contributed by atoms with Crippen LogP contribution in [0.4, 0.5) is 24.7 Å². The molecule has 2 N–H and O–H groups in total. The minimum atomic E-state index is -4.59. The average Bonchev–Trinajstić information content (AvgIpc) is 3.14. The number of carbonyl (C=O) groups is 1. The first-order chi connectivity index (χ1) is 12.8. The molecule has 3 aromatic rings. The molecule has 0 bridgehead atoms. The molecule has 0 aliphatic carbocycles. The first-order valence-corrected chi connectivity index (χ1v) is 7.97. The third kappa shape index (κ3) is 4.76. The molecule has 0 atom stereocenters. The second kappa shape index (κ2) is 7.67. The standard InChI is InChI=1S/C17H12ClF3N4O2/c18-10-3-4-13(12(6-10)17(19,20)21)25-15-9-22-14(8-23-15)16(26)24-7-11-2-1-5-27-11/h1-6,8-9H,7H2,(H,23,25)(H,24,26). The third-order valence-electron chi connectivity index (χ3n) is 3.44. The van der Waals surface area contributed by atoms with Crippen LogP contribution in [0, 0.1) is 0 Å². The molecule has 0 aliphatic heterocycles. The van der Waals surface area contributed by atoms with Crippen LogP contribution in [0.2, 0.25) is 5.02 Å². The van der Waals surface area contributed by atoms with Gasteiger partial charge in [0.15, 0.2) is 0 Å². The molecule has 6 nitrogen and oxygen atoms in total. The Hall–Kier alpha value is -3.07. The lowest BCUT2D eigenvalue weighted by atomic mass is 10.1. The summed E-state index contributed by atoms with van der Waals surface area (Å²) in [6, 6.07) is 6.71. The van der Waals surface area contributed by atoms with Crippen molar-refractivity contribution < 1.29 is 22.4 Å². The molecule has 140 valence electrons. The second-order valence-corrected chi connectivity index (χ2v) is 5.80. The fraction of sp³-hybridized carbons (Fsp3) is 0.118. The van der Waals surface area contributed by atoms with Gasteiger partial charge in [-0.25, -0.2) is 9.97 Å². The largest absolute Gasteiger partial charge is 0.467 e. The van der Waals surface area contributed by atoms with Gasteiger partial charge in [-0.2, -0.15) is 13.2 Å². The molecule has 0 spiro atoms. The van der Waals surface area contributed by atoms with Crippen molar-refractivity contribution in [3.8, 4) is 0 Å². The van der Waals surface area contributed by atoms with E-state index in [0.29, 0.717) is 5.76 Å². The topological polar surface area (TPSA) is 80.0 Å². The summed E-state index contributed by atoms with van der Waals surface area (Å²) in [5, 5.41) is 5.08. The van der Waals surface area contributed by atoms with Crippen LogP contribution in [0.15, 0.2) is 53.4 Å². The highest BCUT2D eigenvalue weighted by molar-refractivity contribution is 6.30. The molecule has 0 saturated carbocycles. The van der Waals surface area contributed by atoms with Gasteiger partial charge in [0, 0.05) is 5.02 Å². The molecular formula is C17H12ClF3N4O2. The van der Waals surface area contributed by atoms with Crippen LogP contribution in [0.1, 0.15) is 21.8 Å². The molecule has 3 rings (SSSR count). The number of hydrogen-bond acceptors (Lipinski definition) is 5. The SMILES string of the molecule is O=C(NCc1ccco1)c1cnc(Nc2ccc(Cl)cc2C(F)(F)F)cn1. The molecule has 0 saturated heterocycles. The van der Waals surface area contributed by atoms with Gasteiger partial charge in [-0.15, -0.1) is 0 Å². The quantitative estimate of drug-likeness (QED) is 0.667. The molecule has 0 radical (unpaired) electrons. The number of hydrogen-bond donors (Lipinski definition) is 2. The molecular weight excluding hydrogens is 385 g/mol. The summed E-state index contributed by atoms with van der Waals surface area (Å²) >= 11 is 5.64. The van der Waals surface area contributed by atoms with Crippen LogP contribution in [-0.4, -0.2) is 15.9 Å². The second-order valence-electron chi connectivity index (χ2n) is 5.36. The summed E-state index contributed by atoms with van der Waals surface area (Å²) in [6.07, 6.45) is -0.792. The Bertz CT molecular complexity index is 928. The van der Waals surface area contributed by atoms with Crippen molar-refractivity contribution in [2.24, 2.45) is 0 Å². The highest BCUT2D eigenvalue weighted by Crippen LogP contribution is 2.37. The van der Waals surface area contributed by atoms with Gasteiger partial charge in [-0.1, -0.05) is 11.6 Å². The number of furan rings is 1. The lowest BCUT2D eigenvalue weighted by Gasteiger charge is -2.14. The van der Waals surface area contributed by atoms with E-state index in [0.717, 1.165) is 18.5 Å². The van der Waals surface area contributed by atoms with Gasteiger partial charge >= 0.3 is 6.18 Å². The number of anilines is 2. The Labute approximate surface area is 156 Å². The van der Waals surface area contributed by atoms with Crippen molar-refractivity contribution in [3.63, 3.8) is 0 Å². The number of halogens is 4. The summed E-state index contributed by atoms with van der Waals surface area (Å²) in [7, 11) is 0. The highest BCUT2D eigenvalue weighted by atomic mass is 35.5. The maximum absolute atomic E-state index is 13.1. The van der Waals surface area contributed by atoms with E-state index in [4.69, 9.17) is 16.0 Å². The highest BCUT2D eigenvalue weighted by Gasteiger charge is 2.34. The van der Waals surface area contributed by atoms with Gasteiger partial charge < -0.3 is 15.1 Å². The van der Waals surface area contributed by atoms with Crippen LogP contribution in [0.25, 0.3) is 0 Å². The molecule has 1 aromatic carbocycles. The summed E-state index contributed by atoms with van der Waals surface area (Å²) in [5.41, 5.74) is -1.15. The normalized spacial score (nSPS) is 11.3. The number of alkyl halides is 3. The van der Waals surface area contributed by atoms with Gasteiger partial charge in [0.2, 0.25) is 0 Å². The van der Waals surface area contributed by atoms with Gasteiger partial charge in [-0.05, 0) is 30.3 Å². The van der Waals surface area contributed by atoms with Crippen molar-refractivity contribution >= 4 is 29.0 Å². The molecule has 10 heteroatoms. The van der Waals surface area contributed by atoms with E-state index in [2.05, 4.69) is 20.6 Å². The van der Waals surface area contributed by atoms with Crippen LogP contribution < -0.4 is 10.6 Å². The van der Waals surface area contributed by atoms with E-state index in [1.54, 1.807) is 12.1 Å². The predicted octanol–water partition coefficient (Wildman–Crippen LogP) is 4.42. The monoisotopic (exact) mass is 396 g/mol. The zero-order valence-corrected chi connectivity index (χ0v) is 14.3. The Balaban J connectivity index is 1.70. The first kappa shape index (κ1) is 18.7. The minimum Gasteiger partial charge on any atom is -0.467 e. The Kier molecular flexibility index (Phi) is 5.31. The van der Waals surface area contributed by atoms with Crippen LogP contribution >= 0.6 is 11.6 Å². The third-order valence-corrected chi connectivity index (χ3v) is 3.67.